The first-order valence-corrected chi connectivity index (χ1v) is 10.6. The lowest BCUT2D eigenvalue weighted by Gasteiger charge is -2.44. The highest BCUT2D eigenvalue weighted by Crippen LogP contribution is 2.51. The fourth-order valence-corrected chi connectivity index (χ4v) is 3.97. The van der Waals surface area contributed by atoms with Crippen LogP contribution in [0.5, 0.6) is 5.75 Å². The van der Waals surface area contributed by atoms with Crippen molar-refractivity contribution in [3.63, 3.8) is 0 Å². The minimum absolute atomic E-state index is 0.0398. The summed E-state index contributed by atoms with van der Waals surface area (Å²) in [4.78, 5) is 13.7. The van der Waals surface area contributed by atoms with Crippen molar-refractivity contribution in [3.8, 4) is 11.8 Å². The Labute approximate surface area is 194 Å². The molecule has 0 aliphatic heterocycles. The van der Waals surface area contributed by atoms with Gasteiger partial charge in [0.25, 0.3) is 0 Å². The summed E-state index contributed by atoms with van der Waals surface area (Å²) in [6, 6.07) is 12.9. The highest BCUT2D eigenvalue weighted by molar-refractivity contribution is 5.91. The maximum Gasteiger partial charge on any atom is 0.249 e. The maximum absolute atomic E-state index is 13.7. The number of carbonyl (C=O) groups excluding carboxylic acids is 1. The van der Waals surface area contributed by atoms with E-state index in [9.17, 15) is 18.0 Å². The van der Waals surface area contributed by atoms with E-state index in [0.717, 1.165) is 5.56 Å². The number of nitrogens with zero attached hydrogens (tertiary/aromatic N) is 4. The number of nitriles is 1. The predicted molar refractivity (Wildman–Crippen MR) is 117 cm³/mol. The van der Waals surface area contributed by atoms with Gasteiger partial charge in [-0.05, 0) is 35.4 Å². The molecule has 0 unspecified atom stereocenters. The molecule has 0 saturated heterocycles. The summed E-state index contributed by atoms with van der Waals surface area (Å²) in [6.45, 7) is 2.17. The number of benzene rings is 2. The van der Waals surface area contributed by atoms with Crippen molar-refractivity contribution in [1.29, 1.82) is 5.26 Å². The third-order valence-electron chi connectivity index (χ3n) is 5.53. The van der Waals surface area contributed by atoms with Gasteiger partial charge >= 0.3 is 0 Å². The normalized spacial score (nSPS) is 15.7. The first-order chi connectivity index (χ1) is 16.1. The van der Waals surface area contributed by atoms with Crippen LogP contribution in [0.3, 0.4) is 0 Å². The Morgan fingerprint density at radius 3 is 2.56 bits per heavy atom. The van der Waals surface area contributed by atoms with Crippen molar-refractivity contribution < 1.29 is 22.7 Å². The molecule has 1 amide bonds. The van der Waals surface area contributed by atoms with Crippen LogP contribution in [0.2, 0.25) is 0 Å². The average molecular weight is 469 g/mol. The molecular formula is C24H22F3N5O2. The lowest BCUT2D eigenvalue weighted by molar-refractivity contribution is -0.164. The highest BCUT2D eigenvalue weighted by Gasteiger charge is 2.54. The number of carbonyl (C=O) groups is 1. The highest BCUT2D eigenvalue weighted by atomic mass is 19.3. The first kappa shape index (κ1) is 23.3. The monoisotopic (exact) mass is 469 g/mol. The molecule has 1 heterocycles. The standard InChI is InChI=1S/C24H22F3N5O2/c1-23(13-24(26,27)14-23)15-34-19-6-3-16(4-7-19)9-22(33)30-21-11-29-32(31-21)12-17-2-5-18(10-28)20(25)8-17/h2-8,11H,9,12-15H2,1H3,(H,30,31,33). The lowest BCUT2D eigenvalue weighted by atomic mass is 9.68. The first-order valence-electron chi connectivity index (χ1n) is 10.6. The van der Waals surface area contributed by atoms with Crippen molar-refractivity contribution in [2.75, 3.05) is 11.9 Å². The van der Waals surface area contributed by atoms with Crippen LogP contribution in [-0.2, 0) is 17.8 Å². The summed E-state index contributed by atoms with van der Waals surface area (Å²) >= 11 is 0. The lowest BCUT2D eigenvalue weighted by Crippen LogP contribution is -2.47. The number of hydrogen-bond donors (Lipinski definition) is 1. The van der Waals surface area contributed by atoms with Crippen LogP contribution in [0.4, 0.5) is 19.0 Å². The summed E-state index contributed by atoms with van der Waals surface area (Å²) in [6.07, 6.45) is 1.14. The SMILES string of the molecule is CC1(COc2ccc(CC(=O)Nc3cnn(Cc4ccc(C#N)c(F)c4)n3)cc2)CC(F)(F)C1. The molecule has 1 saturated carbocycles. The van der Waals surface area contributed by atoms with Gasteiger partial charge < -0.3 is 10.1 Å². The Kier molecular flexibility index (Phi) is 6.28. The predicted octanol–water partition coefficient (Wildman–Crippen LogP) is 4.33. The molecule has 0 atom stereocenters. The smallest absolute Gasteiger partial charge is 0.249 e. The van der Waals surface area contributed by atoms with Gasteiger partial charge in [0.05, 0.1) is 31.3 Å². The molecule has 1 fully saturated rings. The molecule has 2 aromatic carbocycles. The molecule has 1 N–H and O–H groups in total. The van der Waals surface area contributed by atoms with E-state index in [1.165, 1.54) is 23.1 Å². The second-order valence-corrected chi connectivity index (χ2v) is 8.86. The van der Waals surface area contributed by atoms with Crippen LogP contribution >= 0.6 is 0 Å². The molecule has 3 aromatic rings. The fraction of sp³-hybridized carbons (Fsp3) is 0.333. The number of amides is 1. The van der Waals surface area contributed by atoms with Gasteiger partial charge in [0.15, 0.2) is 5.82 Å². The zero-order valence-electron chi connectivity index (χ0n) is 18.4. The Bertz CT molecular complexity index is 1230. The summed E-state index contributed by atoms with van der Waals surface area (Å²) in [5.74, 6) is -2.69. The Morgan fingerprint density at radius 1 is 1.21 bits per heavy atom. The molecule has 176 valence electrons. The van der Waals surface area contributed by atoms with Crippen LogP contribution in [0.15, 0.2) is 48.7 Å². The minimum Gasteiger partial charge on any atom is -0.493 e. The molecule has 7 nitrogen and oxygen atoms in total. The zero-order chi connectivity index (χ0) is 24.3. The van der Waals surface area contributed by atoms with Crippen molar-refractivity contribution in [3.05, 3.63) is 71.2 Å². The number of nitrogens with one attached hydrogen (secondary N) is 1. The Morgan fingerprint density at radius 2 is 1.91 bits per heavy atom. The summed E-state index contributed by atoms with van der Waals surface area (Å²) < 4.78 is 45.6. The number of ether oxygens (including phenoxy) is 1. The van der Waals surface area contributed by atoms with Gasteiger partial charge in [-0.2, -0.15) is 15.2 Å². The number of halogens is 3. The van der Waals surface area contributed by atoms with Crippen LogP contribution in [0.1, 0.15) is 36.5 Å². The van der Waals surface area contributed by atoms with E-state index < -0.39 is 17.2 Å². The Hall–Kier alpha value is -3.87. The maximum atomic E-state index is 13.7. The van der Waals surface area contributed by atoms with Gasteiger partial charge in [0.2, 0.25) is 11.8 Å². The Balaban J connectivity index is 1.26. The number of anilines is 1. The number of rotatable bonds is 8. The van der Waals surface area contributed by atoms with Crippen molar-refractivity contribution in [2.45, 2.75) is 38.7 Å². The van der Waals surface area contributed by atoms with Gasteiger partial charge in [-0.1, -0.05) is 25.1 Å². The van der Waals surface area contributed by atoms with Crippen LogP contribution in [0, 0.1) is 22.6 Å². The quantitative estimate of drug-likeness (QED) is 0.530. The number of aromatic nitrogens is 3. The van der Waals surface area contributed by atoms with E-state index >= 15 is 0 Å². The molecular weight excluding hydrogens is 447 g/mol. The molecule has 0 bridgehead atoms. The number of alkyl halides is 2. The summed E-state index contributed by atoms with van der Waals surface area (Å²) in [5, 5.41) is 19.7. The van der Waals surface area contributed by atoms with Gasteiger partial charge in [0, 0.05) is 18.3 Å². The van der Waals surface area contributed by atoms with Crippen molar-refractivity contribution >= 4 is 11.7 Å². The third-order valence-corrected chi connectivity index (χ3v) is 5.53. The van der Waals surface area contributed by atoms with Gasteiger partial charge in [-0.15, -0.1) is 5.10 Å². The van der Waals surface area contributed by atoms with E-state index in [1.54, 1.807) is 43.3 Å². The third kappa shape index (κ3) is 5.73. The summed E-state index contributed by atoms with van der Waals surface area (Å²) in [7, 11) is 0. The minimum atomic E-state index is -2.59. The van der Waals surface area contributed by atoms with E-state index in [-0.39, 0.29) is 49.7 Å². The fourth-order valence-electron chi connectivity index (χ4n) is 3.97. The average Bonchev–Trinajstić information content (AvgIpc) is 3.18. The molecule has 0 spiro atoms. The molecule has 1 aliphatic rings. The van der Waals surface area contributed by atoms with E-state index in [2.05, 4.69) is 15.5 Å². The molecule has 1 aromatic heterocycles. The second-order valence-electron chi connectivity index (χ2n) is 8.86. The van der Waals surface area contributed by atoms with E-state index in [0.29, 0.717) is 11.3 Å². The van der Waals surface area contributed by atoms with Gasteiger partial charge in [-0.25, -0.2) is 13.2 Å². The van der Waals surface area contributed by atoms with Gasteiger partial charge in [0.1, 0.15) is 17.6 Å². The topological polar surface area (TPSA) is 92.8 Å². The zero-order valence-corrected chi connectivity index (χ0v) is 18.4. The number of hydrogen-bond acceptors (Lipinski definition) is 5. The molecule has 4 rings (SSSR count). The van der Waals surface area contributed by atoms with Crippen LogP contribution < -0.4 is 10.1 Å². The van der Waals surface area contributed by atoms with Crippen LogP contribution in [0.25, 0.3) is 0 Å². The molecule has 10 heteroatoms. The second kappa shape index (κ2) is 9.17. The van der Waals surface area contributed by atoms with Crippen molar-refractivity contribution in [2.24, 2.45) is 5.41 Å². The van der Waals surface area contributed by atoms with Gasteiger partial charge in [-0.3, -0.25) is 4.79 Å². The van der Waals surface area contributed by atoms with Crippen LogP contribution in [-0.4, -0.2) is 33.4 Å². The van der Waals surface area contributed by atoms with Crippen molar-refractivity contribution in [1.82, 2.24) is 15.0 Å². The molecule has 0 radical (unpaired) electrons. The molecule has 34 heavy (non-hydrogen) atoms. The molecule has 1 aliphatic carbocycles. The van der Waals surface area contributed by atoms with E-state index in [4.69, 9.17) is 10.00 Å². The van der Waals surface area contributed by atoms with E-state index in [1.807, 2.05) is 0 Å². The summed E-state index contributed by atoms with van der Waals surface area (Å²) in [5.41, 5.74) is 0.759. The largest absolute Gasteiger partial charge is 0.493 e.